The number of aromatic nitrogens is 1. The van der Waals surface area contributed by atoms with E-state index in [1.807, 2.05) is 17.5 Å². The van der Waals surface area contributed by atoms with Crippen molar-refractivity contribution in [2.45, 2.75) is 33.4 Å². The van der Waals surface area contributed by atoms with Crippen molar-refractivity contribution in [2.75, 3.05) is 26.2 Å². The summed E-state index contributed by atoms with van der Waals surface area (Å²) < 4.78 is 0. The number of thiazole rings is 1. The van der Waals surface area contributed by atoms with Gasteiger partial charge in [0.25, 0.3) is 0 Å². The van der Waals surface area contributed by atoms with Gasteiger partial charge in [0.1, 0.15) is 5.01 Å². The Hall–Kier alpha value is -1.44. The molecule has 0 fully saturated rings. The molecule has 2 aromatic rings. The second kappa shape index (κ2) is 8.60. The molecule has 2 N–H and O–H groups in total. The van der Waals surface area contributed by atoms with E-state index >= 15 is 0 Å². The van der Waals surface area contributed by atoms with Crippen molar-refractivity contribution in [3.8, 4) is 0 Å². The predicted molar refractivity (Wildman–Crippen MR) is 103 cm³/mol. The molecule has 0 amide bonds. The first-order valence-electron chi connectivity index (χ1n) is 8.45. The lowest BCUT2D eigenvalue weighted by Crippen LogP contribution is -2.42. The van der Waals surface area contributed by atoms with Crippen molar-refractivity contribution in [2.24, 2.45) is 4.99 Å². The van der Waals surface area contributed by atoms with Gasteiger partial charge in [0.2, 0.25) is 0 Å². The minimum absolute atomic E-state index is 0.635. The van der Waals surface area contributed by atoms with Crippen LogP contribution in [0.5, 0.6) is 0 Å². The van der Waals surface area contributed by atoms with Gasteiger partial charge in [-0.1, -0.05) is 0 Å². The number of fused-ring (bicyclic) bond motifs is 1. The SMILES string of the molecule is CCNC(=NCc1ncc(C)s1)NCCN1CCc2sccc2C1. The number of guanidine groups is 1. The molecular weight excluding hydrogens is 338 g/mol. The van der Waals surface area contributed by atoms with Crippen molar-refractivity contribution in [1.82, 2.24) is 20.5 Å². The molecule has 2 aromatic heterocycles. The molecular formula is C17H25N5S2. The summed E-state index contributed by atoms with van der Waals surface area (Å²) in [7, 11) is 0. The number of aryl methyl sites for hydroxylation is 1. The molecule has 3 heterocycles. The molecule has 1 aliphatic rings. The van der Waals surface area contributed by atoms with Crippen LogP contribution in [-0.4, -0.2) is 42.0 Å². The van der Waals surface area contributed by atoms with Crippen LogP contribution in [0, 0.1) is 6.92 Å². The third-order valence-electron chi connectivity index (χ3n) is 3.99. The van der Waals surface area contributed by atoms with Gasteiger partial charge in [-0.2, -0.15) is 0 Å². The van der Waals surface area contributed by atoms with E-state index in [9.17, 15) is 0 Å². The number of hydrogen-bond acceptors (Lipinski definition) is 5. The molecule has 0 radical (unpaired) electrons. The molecule has 0 atom stereocenters. The summed E-state index contributed by atoms with van der Waals surface area (Å²) >= 11 is 3.60. The number of rotatable bonds is 6. The first kappa shape index (κ1) is 17.4. The zero-order valence-corrected chi connectivity index (χ0v) is 16.0. The summed E-state index contributed by atoms with van der Waals surface area (Å²) in [6.07, 6.45) is 3.09. The smallest absolute Gasteiger partial charge is 0.191 e. The average Bonchev–Trinajstić information content (AvgIpc) is 3.20. The van der Waals surface area contributed by atoms with Gasteiger partial charge < -0.3 is 10.6 Å². The van der Waals surface area contributed by atoms with Crippen LogP contribution in [0.4, 0.5) is 0 Å². The van der Waals surface area contributed by atoms with Crippen molar-refractivity contribution in [3.63, 3.8) is 0 Å². The van der Waals surface area contributed by atoms with Gasteiger partial charge in [-0.15, -0.1) is 22.7 Å². The first-order valence-corrected chi connectivity index (χ1v) is 10.2. The van der Waals surface area contributed by atoms with Crippen molar-refractivity contribution >= 4 is 28.6 Å². The van der Waals surface area contributed by atoms with Crippen LogP contribution in [0.15, 0.2) is 22.6 Å². The van der Waals surface area contributed by atoms with Gasteiger partial charge in [-0.05, 0) is 37.3 Å². The second-order valence-electron chi connectivity index (χ2n) is 5.88. The molecule has 1 aliphatic heterocycles. The molecule has 0 saturated heterocycles. The fraction of sp³-hybridized carbons (Fsp3) is 0.529. The molecule has 3 rings (SSSR count). The van der Waals surface area contributed by atoms with Gasteiger partial charge in [0, 0.05) is 48.7 Å². The van der Waals surface area contributed by atoms with Crippen LogP contribution in [0.25, 0.3) is 0 Å². The lowest BCUT2D eigenvalue weighted by atomic mass is 10.1. The Morgan fingerprint density at radius 3 is 3.12 bits per heavy atom. The summed E-state index contributed by atoms with van der Waals surface area (Å²) in [5.41, 5.74) is 1.51. The number of hydrogen-bond donors (Lipinski definition) is 2. The summed E-state index contributed by atoms with van der Waals surface area (Å²) in [5.74, 6) is 0.874. The van der Waals surface area contributed by atoms with Crippen LogP contribution in [-0.2, 0) is 19.5 Å². The summed E-state index contributed by atoms with van der Waals surface area (Å²) in [5, 5.41) is 10.0. The maximum absolute atomic E-state index is 4.63. The normalized spacial score (nSPS) is 15.3. The molecule has 24 heavy (non-hydrogen) atoms. The van der Waals surface area contributed by atoms with Crippen LogP contribution >= 0.6 is 22.7 Å². The molecule has 0 spiro atoms. The fourth-order valence-electron chi connectivity index (χ4n) is 2.79. The number of nitrogens with zero attached hydrogens (tertiary/aromatic N) is 3. The minimum Gasteiger partial charge on any atom is -0.357 e. The summed E-state index contributed by atoms with van der Waals surface area (Å²) in [6, 6.07) is 2.27. The Kier molecular flexibility index (Phi) is 6.23. The lowest BCUT2D eigenvalue weighted by molar-refractivity contribution is 0.260. The highest BCUT2D eigenvalue weighted by atomic mass is 32.1. The Morgan fingerprint density at radius 2 is 2.33 bits per heavy atom. The molecule has 130 valence electrons. The van der Waals surface area contributed by atoms with Gasteiger partial charge in [0.05, 0.1) is 6.54 Å². The van der Waals surface area contributed by atoms with E-state index in [0.717, 1.165) is 43.7 Å². The maximum Gasteiger partial charge on any atom is 0.191 e. The third-order valence-corrected chi connectivity index (χ3v) is 5.91. The number of aliphatic imine (C=N–C) groups is 1. The molecule has 0 unspecified atom stereocenters. The average molecular weight is 364 g/mol. The van der Waals surface area contributed by atoms with E-state index in [1.54, 1.807) is 16.2 Å². The quantitative estimate of drug-likeness (QED) is 0.612. The summed E-state index contributed by atoms with van der Waals surface area (Å²) in [4.78, 5) is 14.3. The van der Waals surface area contributed by atoms with Crippen molar-refractivity contribution in [3.05, 3.63) is 38.0 Å². The zero-order chi connectivity index (χ0) is 16.8. The largest absolute Gasteiger partial charge is 0.357 e. The van der Waals surface area contributed by atoms with E-state index in [2.05, 4.69) is 50.8 Å². The zero-order valence-electron chi connectivity index (χ0n) is 14.3. The first-order chi connectivity index (χ1) is 11.7. The minimum atomic E-state index is 0.635. The van der Waals surface area contributed by atoms with Crippen LogP contribution < -0.4 is 10.6 Å². The van der Waals surface area contributed by atoms with Gasteiger partial charge >= 0.3 is 0 Å². The van der Waals surface area contributed by atoms with Crippen molar-refractivity contribution in [1.29, 1.82) is 0 Å². The standard InChI is InChI=1S/C17H25N5S2/c1-3-18-17(21-11-16-20-10-13(2)24-16)19-6-8-22-7-4-15-14(12-22)5-9-23-15/h5,9-10H,3-4,6-8,11-12H2,1-2H3,(H2,18,19,21). The monoisotopic (exact) mass is 363 g/mol. The predicted octanol–water partition coefficient (Wildman–Crippen LogP) is 2.63. The van der Waals surface area contributed by atoms with E-state index in [-0.39, 0.29) is 0 Å². The molecule has 5 nitrogen and oxygen atoms in total. The Balaban J connectivity index is 1.46. The molecule has 0 saturated carbocycles. The van der Waals surface area contributed by atoms with E-state index in [1.165, 1.54) is 16.9 Å². The van der Waals surface area contributed by atoms with Gasteiger partial charge in [-0.3, -0.25) is 4.90 Å². The Labute approximate surface area is 151 Å². The topological polar surface area (TPSA) is 52.6 Å². The summed E-state index contributed by atoms with van der Waals surface area (Å²) in [6.45, 7) is 9.84. The number of thiophene rings is 1. The van der Waals surface area contributed by atoms with Crippen LogP contribution in [0.3, 0.4) is 0 Å². The van der Waals surface area contributed by atoms with Gasteiger partial charge in [0.15, 0.2) is 5.96 Å². The van der Waals surface area contributed by atoms with Gasteiger partial charge in [-0.25, -0.2) is 9.98 Å². The fourth-order valence-corrected chi connectivity index (χ4v) is 4.39. The molecule has 0 aliphatic carbocycles. The second-order valence-corrected chi connectivity index (χ2v) is 8.20. The maximum atomic E-state index is 4.63. The van der Waals surface area contributed by atoms with E-state index < -0.39 is 0 Å². The van der Waals surface area contributed by atoms with Crippen LogP contribution in [0.1, 0.15) is 27.2 Å². The highest BCUT2D eigenvalue weighted by molar-refractivity contribution is 7.11. The number of nitrogens with one attached hydrogen (secondary N) is 2. The highest BCUT2D eigenvalue weighted by Crippen LogP contribution is 2.23. The highest BCUT2D eigenvalue weighted by Gasteiger charge is 2.16. The molecule has 0 bridgehead atoms. The lowest BCUT2D eigenvalue weighted by Gasteiger charge is -2.27. The molecule has 0 aromatic carbocycles. The van der Waals surface area contributed by atoms with Crippen LogP contribution in [0.2, 0.25) is 0 Å². The third kappa shape index (κ3) is 4.78. The molecule has 7 heteroatoms. The van der Waals surface area contributed by atoms with E-state index in [4.69, 9.17) is 0 Å². The Bertz CT molecular complexity index is 676. The Morgan fingerprint density at radius 1 is 1.42 bits per heavy atom. The van der Waals surface area contributed by atoms with E-state index in [0.29, 0.717) is 6.54 Å². The van der Waals surface area contributed by atoms with Crippen molar-refractivity contribution < 1.29 is 0 Å².